The van der Waals surface area contributed by atoms with Crippen molar-refractivity contribution in [3.63, 3.8) is 0 Å². The van der Waals surface area contributed by atoms with Gasteiger partial charge in [0.1, 0.15) is 0 Å². The molecule has 0 rings (SSSR count). The highest BCUT2D eigenvalue weighted by atomic mass is 16.4. The predicted octanol–water partition coefficient (Wildman–Crippen LogP) is 7.02. The van der Waals surface area contributed by atoms with Gasteiger partial charge in [-0.1, -0.05) is 90.2 Å². The van der Waals surface area contributed by atoms with Crippen molar-refractivity contribution in [2.24, 2.45) is 5.92 Å². The molecular formula is C35H64O11. The van der Waals surface area contributed by atoms with Gasteiger partial charge >= 0.3 is 23.9 Å². The zero-order valence-electron chi connectivity index (χ0n) is 28.8. The molecule has 0 bridgehead atoms. The highest BCUT2D eigenvalue weighted by molar-refractivity contribution is 5.85. The second-order valence-electron chi connectivity index (χ2n) is 10.7. The van der Waals surface area contributed by atoms with Gasteiger partial charge in [0.2, 0.25) is 0 Å². The van der Waals surface area contributed by atoms with E-state index in [2.05, 4.69) is 38.8 Å². The Morgan fingerprint density at radius 3 is 1.11 bits per heavy atom. The molecule has 0 unspecified atom stereocenters. The molecule has 11 nitrogen and oxygen atoms in total. The summed E-state index contributed by atoms with van der Waals surface area (Å²) in [5, 5.41) is 57.2. The lowest BCUT2D eigenvalue weighted by Gasteiger charge is -2.06. The van der Waals surface area contributed by atoms with Crippen LogP contribution in [0.1, 0.15) is 124 Å². The molecule has 0 aliphatic carbocycles. The molecule has 11 heteroatoms. The van der Waals surface area contributed by atoms with Gasteiger partial charge in [-0.15, -0.1) is 0 Å². The third kappa shape index (κ3) is 60.0. The topological polar surface area (TPSA) is 210 Å². The SMILES string of the molecule is C=C(C)C(=O)O.C=C(C)C(=O)O.C=C(C)C(=O)O.CCCCCCCC/C=C\CCCCCCCC(=O)O.OCCC(CO)CO. The van der Waals surface area contributed by atoms with Crippen molar-refractivity contribution in [1.82, 2.24) is 0 Å². The number of aliphatic hydroxyl groups excluding tert-OH is 3. The van der Waals surface area contributed by atoms with Gasteiger partial charge in [0.15, 0.2) is 0 Å². The minimum Gasteiger partial charge on any atom is -0.481 e. The van der Waals surface area contributed by atoms with Crippen molar-refractivity contribution >= 4 is 23.9 Å². The number of aliphatic carboxylic acids is 4. The average Bonchev–Trinajstić information content (AvgIpc) is 2.98. The Bertz CT molecular complexity index is 735. The van der Waals surface area contributed by atoms with Crippen LogP contribution < -0.4 is 0 Å². The first kappa shape index (κ1) is 52.3. The lowest BCUT2D eigenvalue weighted by atomic mass is 10.1. The van der Waals surface area contributed by atoms with E-state index in [1.54, 1.807) is 0 Å². The molecule has 0 atom stereocenters. The summed E-state index contributed by atoms with van der Waals surface area (Å²) in [6.45, 7) is 16.0. The van der Waals surface area contributed by atoms with E-state index in [1.807, 2.05) is 0 Å². The second kappa shape index (κ2) is 41.7. The number of carbonyl (C=O) groups is 4. The Hall–Kier alpha value is -3.28. The lowest BCUT2D eigenvalue weighted by Crippen LogP contribution is -2.12. The van der Waals surface area contributed by atoms with Gasteiger partial charge in [-0.25, -0.2) is 14.4 Å². The molecule has 46 heavy (non-hydrogen) atoms. The van der Waals surface area contributed by atoms with Crippen molar-refractivity contribution in [3.8, 4) is 0 Å². The number of hydrogen-bond donors (Lipinski definition) is 7. The third-order valence-corrected chi connectivity index (χ3v) is 5.80. The number of unbranched alkanes of at least 4 members (excludes halogenated alkanes) is 11. The summed E-state index contributed by atoms with van der Waals surface area (Å²) in [5.41, 5.74) is 0.528. The van der Waals surface area contributed by atoms with Crippen LogP contribution in [-0.4, -0.2) is 79.4 Å². The molecule has 0 aliphatic heterocycles. The van der Waals surface area contributed by atoms with Gasteiger partial charge in [-0.3, -0.25) is 4.79 Å². The van der Waals surface area contributed by atoms with Crippen LogP contribution in [0.15, 0.2) is 48.6 Å². The molecule has 0 radical (unpaired) electrons. The molecular weight excluding hydrogens is 596 g/mol. The number of aliphatic hydroxyl groups is 3. The van der Waals surface area contributed by atoms with E-state index < -0.39 is 23.9 Å². The maximum absolute atomic E-state index is 10.3. The minimum atomic E-state index is -0.935. The number of allylic oxidation sites excluding steroid dienone is 2. The molecule has 0 aliphatic rings. The van der Waals surface area contributed by atoms with Crippen LogP contribution in [0.25, 0.3) is 0 Å². The Balaban J connectivity index is -0.000000176. The molecule has 0 aromatic rings. The summed E-state index contributed by atoms with van der Waals surface area (Å²) in [6, 6.07) is 0. The van der Waals surface area contributed by atoms with Gasteiger partial charge in [0, 0.05) is 48.9 Å². The van der Waals surface area contributed by atoms with E-state index in [9.17, 15) is 19.2 Å². The molecule has 0 fully saturated rings. The molecule has 0 amide bonds. The normalized spacial score (nSPS) is 9.65. The van der Waals surface area contributed by atoms with E-state index in [0.29, 0.717) is 12.8 Å². The summed E-state index contributed by atoms with van der Waals surface area (Å²) in [4.78, 5) is 39.1. The van der Waals surface area contributed by atoms with Crippen LogP contribution in [0.2, 0.25) is 0 Å². The number of rotatable bonds is 22. The monoisotopic (exact) mass is 660 g/mol. The molecule has 7 N–H and O–H groups in total. The van der Waals surface area contributed by atoms with Gasteiger partial charge in [-0.05, 0) is 59.3 Å². The molecule has 0 saturated heterocycles. The average molecular weight is 661 g/mol. The maximum atomic E-state index is 10.3. The summed E-state index contributed by atoms with van der Waals surface area (Å²) >= 11 is 0. The zero-order chi connectivity index (χ0) is 36.8. The first-order valence-electron chi connectivity index (χ1n) is 15.9. The van der Waals surface area contributed by atoms with Crippen molar-refractivity contribution in [2.75, 3.05) is 19.8 Å². The zero-order valence-corrected chi connectivity index (χ0v) is 28.8. The molecule has 0 heterocycles. The fourth-order valence-corrected chi connectivity index (χ4v) is 2.77. The van der Waals surface area contributed by atoms with Gasteiger partial charge in [0.25, 0.3) is 0 Å². The standard InChI is InChI=1S/C18H34O2.C5H12O3.3C4H6O2/c1-2-3-4-5-6-7-8-9-10-11-12-13-14-15-16-17-18(19)20;6-2-1-5(3-7)4-8;3*1-3(2)4(5)6/h9-10H,2-8,11-17H2,1H3,(H,19,20);5-8H,1-4H2;3*1H2,2H3,(H,5,6)/b10-9-;;;;. The summed E-state index contributed by atoms with van der Waals surface area (Å²) in [6.07, 6.45) is 21.7. The largest absolute Gasteiger partial charge is 0.481 e. The predicted molar refractivity (Wildman–Crippen MR) is 184 cm³/mol. The van der Waals surface area contributed by atoms with E-state index in [0.717, 1.165) is 12.8 Å². The van der Waals surface area contributed by atoms with Crippen LogP contribution >= 0.6 is 0 Å². The van der Waals surface area contributed by atoms with Crippen molar-refractivity contribution in [3.05, 3.63) is 48.6 Å². The number of carboxylic acids is 4. The Morgan fingerprint density at radius 2 is 0.870 bits per heavy atom. The summed E-state index contributed by atoms with van der Waals surface area (Å²) in [5.74, 6) is -3.61. The van der Waals surface area contributed by atoms with Crippen LogP contribution in [0, 0.1) is 5.92 Å². The molecule has 0 aromatic carbocycles. The van der Waals surface area contributed by atoms with E-state index in [4.69, 9.17) is 35.7 Å². The third-order valence-electron chi connectivity index (χ3n) is 5.80. The Morgan fingerprint density at radius 1 is 0.565 bits per heavy atom. The number of carboxylic acid groups (broad SMARTS) is 4. The van der Waals surface area contributed by atoms with Crippen molar-refractivity contribution in [1.29, 1.82) is 0 Å². The molecule has 0 saturated carbocycles. The van der Waals surface area contributed by atoms with E-state index in [-0.39, 0.29) is 42.5 Å². The quantitative estimate of drug-likeness (QED) is 0.0356. The van der Waals surface area contributed by atoms with Gasteiger partial charge < -0.3 is 35.7 Å². The maximum Gasteiger partial charge on any atom is 0.330 e. The molecule has 0 spiro atoms. The smallest absolute Gasteiger partial charge is 0.330 e. The first-order chi connectivity index (χ1) is 21.5. The lowest BCUT2D eigenvalue weighted by molar-refractivity contribution is -0.137. The van der Waals surface area contributed by atoms with Gasteiger partial charge in [-0.2, -0.15) is 0 Å². The fourth-order valence-electron chi connectivity index (χ4n) is 2.77. The Labute approximate surface area is 277 Å². The van der Waals surface area contributed by atoms with Crippen LogP contribution in [0.5, 0.6) is 0 Å². The van der Waals surface area contributed by atoms with Gasteiger partial charge in [0.05, 0.1) is 0 Å². The van der Waals surface area contributed by atoms with Crippen LogP contribution in [0.4, 0.5) is 0 Å². The summed E-state index contributed by atoms with van der Waals surface area (Å²) < 4.78 is 0. The Kier molecular flexibility index (Phi) is 47.4. The minimum absolute atomic E-state index is 0.0335. The molecule has 270 valence electrons. The number of hydrogen-bond acceptors (Lipinski definition) is 7. The van der Waals surface area contributed by atoms with Crippen molar-refractivity contribution < 1.29 is 54.9 Å². The van der Waals surface area contributed by atoms with Crippen LogP contribution in [0.3, 0.4) is 0 Å². The fraction of sp³-hybridized carbons (Fsp3) is 0.657. The van der Waals surface area contributed by atoms with Crippen LogP contribution in [-0.2, 0) is 19.2 Å². The molecule has 0 aromatic heterocycles. The highest BCUT2D eigenvalue weighted by Gasteiger charge is 2.02. The van der Waals surface area contributed by atoms with Crippen molar-refractivity contribution in [2.45, 2.75) is 124 Å². The highest BCUT2D eigenvalue weighted by Crippen LogP contribution is 2.09. The second-order valence-corrected chi connectivity index (χ2v) is 10.7. The van der Waals surface area contributed by atoms with E-state index >= 15 is 0 Å². The first-order valence-corrected chi connectivity index (χ1v) is 15.9. The van der Waals surface area contributed by atoms with E-state index in [1.165, 1.54) is 91.4 Å². The summed E-state index contributed by atoms with van der Waals surface area (Å²) in [7, 11) is 0.